The maximum Gasteiger partial charge on any atom is 0.226 e. The maximum absolute atomic E-state index is 13.1. The predicted octanol–water partition coefficient (Wildman–Crippen LogP) is 3.97. The quantitative estimate of drug-likeness (QED) is 0.837. The van der Waals surface area contributed by atoms with Crippen molar-refractivity contribution >= 4 is 5.91 Å². The lowest BCUT2D eigenvalue weighted by atomic mass is 9.49. The Morgan fingerprint density at radius 2 is 1.44 bits per heavy atom. The number of nitrogens with zero attached hydrogens (tertiary/aromatic N) is 1. The monoisotopic (exact) mass is 344 g/mol. The van der Waals surface area contributed by atoms with E-state index in [9.17, 15) is 4.79 Å². The van der Waals surface area contributed by atoms with Crippen LogP contribution in [0.2, 0.25) is 0 Å². The molecule has 1 saturated heterocycles. The topological polar surface area (TPSA) is 32.3 Å². The van der Waals surface area contributed by atoms with Gasteiger partial charge in [-0.1, -0.05) is 12.8 Å². The van der Waals surface area contributed by atoms with Gasteiger partial charge in [0.15, 0.2) is 0 Å². The third-order valence-electron chi connectivity index (χ3n) is 8.56. The molecule has 0 radical (unpaired) electrons. The van der Waals surface area contributed by atoms with Gasteiger partial charge in [0.1, 0.15) is 0 Å². The van der Waals surface area contributed by atoms with Gasteiger partial charge in [-0.25, -0.2) is 0 Å². The highest BCUT2D eigenvalue weighted by Gasteiger charge is 2.54. The van der Waals surface area contributed by atoms with E-state index in [4.69, 9.17) is 0 Å². The lowest BCUT2D eigenvalue weighted by Gasteiger charge is -2.55. The van der Waals surface area contributed by atoms with Crippen LogP contribution in [-0.4, -0.2) is 36.5 Å². The number of hydrogen-bond acceptors (Lipinski definition) is 2. The standard InChI is InChI=1S/C22H36N2O/c25-21(22-12-17-9-18(13-22)11-19(10-17)14-22)23-15-16-5-7-24(8-6-16)20-3-1-2-4-20/h16-20H,1-15H2,(H,23,25). The summed E-state index contributed by atoms with van der Waals surface area (Å²) < 4.78 is 0. The molecule has 6 rings (SSSR count). The zero-order valence-electron chi connectivity index (χ0n) is 15.8. The molecule has 5 aliphatic carbocycles. The third kappa shape index (κ3) is 3.15. The Bertz CT molecular complexity index is 467. The molecular weight excluding hydrogens is 308 g/mol. The van der Waals surface area contributed by atoms with Crippen molar-refractivity contribution < 1.29 is 4.79 Å². The number of nitrogens with one attached hydrogen (secondary N) is 1. The smallest absolute Gasteiger partial charge is 0.226 e. The van der Waals surface area contributed by atoms with Crippen LogP contribution in [0.4, 0.5) is 0 Å². The number of hydrogen-bond donors (Lipinski definition) is 1. The van der Waals surface area contributed by atoms with Gasteiger partial charge in [-0.2, -0.15) is 0 Å². The molecule has 25 heavy (non-hydrogen) atoms. The number of piperidine rings is 1. The van der Waals surface area contributed by atoms with Crippen LogP contribution in [0.1, 0.15) is 77.0 Å². The molecule has 5 saturated carbocycles. The molecule has 1 amide bonds. The van der Waals surface area contributed by atoms with Gasteiger partial charge < -0.3 is 10.2 Å². The summed E-state index contributed by atoms with van der Waals surface area (Å²) >= 11 is 0. The average Bonchev–Trinajstić information content (AvgIpc) is 3.13. The predicted molar refractivity (Wildman–Crippen MR) is 100 cm³/mol. The highest BCUT2D eigenvalue weighted by atomic mass is 16.2. The van der Waals surface area contributed by atoms with Crippen LogP contribution in [0.3, 0.4) is 0 Å². The Morgan fingerprint density at radius 3 is 2.00 bits per heavy atom. The second-order valence-corrected chi connectivity index (χ2v) is 10.3. The van der Waals surface area contributed by atoms with E-state index in [1.807, 2.05) is 0 Å². The van der Waals surface area contributed by atoms with Gasteiger partial charge in [-0.3, -0.25) is 4.79 Å². The summed E-state index contributed by atoms with van der Waals surface area (Å²) in [6, 6.07) is 0.877. The van der Waals surface area contributed by atoms with Gasteiger partial charge in [0.05, 0.1) is 0 Å². The fourth-order valence-electron chi connectivity index (χ4n) is 7.60. The molecule has 4 bridgehead atoms. The van der Waals surface area contributed by atoms with Gasteiger partial charge in [0.25, 0.3) is 0 Å². The van der Waals surface area contributed by atoms with Crippen LogP contribution in [-0.2, 0) is 4.79 Å². The van der Waals surface area contributed by atoms with Crippen LogP contribution in [0.15, 0.2) is 0 Å². The van der Waals surface area contributed by atoms with Crippen LogP contribution in [0, 0.1) is 29.1 Å². The van der Waals surface area contributed by atoms with E-state index in [0.29, 0.717) is 5.91 Å². The van der Waals surface area contributed by atoms with Gasteiger partial charge in [-0.05, 0) is 101 Å². The van der Waals surface area contributed by atoms with Crippen molar-refractivity contribution in [3.05, 3.63) is 0 Å². The van der Waals surface area contributed by atoms with Gasteiger partial charge in [0.2, 0.25) is 5.91 Å². The summed E-state index contributed by atoms with van der Waals surface area (Å²) in [6.45, 7) is 3.48. The van der Waals surface area contributed by atoms with Crippen molar-refractivity contribution in [1.82, 2.24) is 10.2 Å². The lowest BCUT2D eigenvalue weighted by molar-refractivity contribution is -0.146. The Balaban J connectivity index is 1.12. The van der Waals surface area contributed by atoms with Crippen molar-refractivity contribution in [1.29, 1.82) is 0 Å². The zero-order chi connectivity index (χ0) is 16.9. The summed E-state index contributed by atoms with van der Waals surface area (Å²) in [5, 5.41) is 3.44. The van der Waals surface area contributed by atoms with Gasteiger partial charge >= 0.3 is 0 Å². The number of likely N-dealkylation sites (tertiary alicyclic amines) is 1. The first-order valence-corrected chi connectivity index (χ1v) is 11.2. The van der Waals surface area contributed by atoms with E-state index < -0.39 is 0 Å². The highest BCUT2D eigenvalue weighted by molar-refractivity contribution is 5.83. The Kier molecular flexibility index (Phi) is 4.35. The fourth-order valence-corrected chi connectivity index (χ4v) is 7.60. The van der Waals surface area contributed by atoms with Crippen LogP contribution < -0.4 is 5.32 Å². The molecule has 0 aromatic rings. The van der Waals surface area contributed by atoms with E-state index >= 15 is 0 Å². The molecule has 0 aromatic heterocycles. The van der Waals surface area contributed by atoms with E-state index in [2.05, 4.69) is 10.2 Å². The number of carbonyl (C=O) groups excluding carboxylic acids is 1. The molecule has 3 heteroatoms. The fraction of sp³-hybridized carbons (Fsp3) is 0.955. The minimum Gasteiger partial charge on any atom is -0.355 e. The minimum absolute atomic E-state index is 0.0410. The molecule has 140 valence electrons. The van der Waals surface area contributed by atoms with Gasteiger partial charge in [0, 0.05) is 18.0 Å². The third-order valence-corrected chi connectivity index (χ3v) is 8.56. The molecule has 0 unspecified atom stereocenters. The summed E-state index contributed by atoms with van der Waals surface area (Å²) in [5.74, 6) is 3.75. The van der Waals surface area contributed by atoms with Crippen molar-refractivity contribution in [2.24, 2.45) is 29.1 Å². The molecule has 0 aromatic carbocycles. The Labute approximate surface area is 153 Å². The highest BCUT2D eigenvalue weighted by Crippen LogP contribution is 2.60. The van der Waals surface area contributed by atoms with Crippen LogP contribution >= 0.6 is 0 Å². The molecule has 1 N–H and O–H groups in total. The first-order chi connectivity index (χ1) is 12.2. The second-order valence-electron chi connectivity index (χ2n) is 10.3. The first kappa shape index (κ1) is 16.6. The van der Waals surface area contributed by atoms with Crippen molar-refractivity contribution in [2.45, 2.75) is 83.1 Å². The Hall–Kier alpha value is -0.570. The van der Waals surface area contributed by atoms with Crippen molar-refractivity contribution in [3.8, 4) is 0 Å². The van der Waals surface area contributed by atoms with Crippen molar-refractivity contribution in [2.75, 3.05) is 19.6 Å². The van der Waals surface area contributed by atoms with E-state index in [1.165, 1.54) is 90.1 Å². The summed E-state index contributed by atoms with van der Waals surface area (Å²) in [4.78, 5) is 15.8. The molecular formula is C22H36N2O. The van der Waals surface area contributed by atoms with Crippen molar-refractivity contribution in [3.63, 3.8) is 0 Å². The van der Waals surface area contributed by atoms with E-state index in [-0.39, 0.29) is 5.41 Å². The summed E-state index contributed by atoms with van der Waals surface area (Å²) in [5.41, 5.74) is 0.0410. The maximum atomic E-state index is 13.1. The van der Waals surface area contributed by atoms with E-state index in [1.54, 1.807) is 0 Å². The number of amides is 1. The molecule has 6 aliphatic rings. The molecule has 6 fully saturated rings. The van der Waals surface area contributed by atoms with Crippen LogP contribution in [0.5, 0.6) is 0 Å². The summed E-state index contributed by atoms with van der Waals surface area (Å²) in [7, 11) is 0. The summed E-state index contributed by atoms with van der Waals surface area (Å²) in [6.07, 6.45) is 16.2. The number of rotatable bonds is 4. The first-order valence-electron chi connectivity index (χ1n) is 11.2. The zero-order valence-corrected chi connectivity index (χ0v) is 15.8. The Morgan fingerprint density at radius 1 is 0.880 bits per heavy atom. The molecule has 0 atom stereocenters. The molecule has 1 heterocycles. The van der Waals surface area contributed by atoms with Crippen LogP contribution in [0.25, 0.3) is 0 Å². The molecule has 1 aliphatic heterocycles. The average molecular weight is 345 g/mol. The SMILES string of the molecule is O=C(NCC1CCN(C2CCCC2)CC1)C12CC3CC(CC(C3)C1)C2. The minimum atomic E-state index is 0.0410. The molecule has 3 nitrogen and oxygen atoms in total. The van der Waals surface area contributed by atoms with E-state index in [0.717, 1.165) is 36.3 Å². The largest absolute Gasteiger partial charge is 0.355 e. The number of carbonyl (C=O) groups is 1. The molecule has 0 spiro atoms. The van der Waals surface area contributed by atoms with Gasteiger partial charge in [-0.15, -0.1) is 0 Å². The second kappa shape index (κ2) is 6.55. The lowest BCUT2D eigenvalue weighted by Crippen LogP contribution is -2.54. The normalized spacial score (nSPS) is 42.2.